The zero-order chi connectivity index (χ0) is 15.1. The lowest BCUT2D eigenvalue weighted by Crippen LogP contribution is -2.16. The molecule has 0 aliphatic rings. The lowest BCUT2D eigenvalue weighted by molar-refractivity contribution is 0.0474. The van der Waals surface area contributed by atoms with Gasteiger partial charge in [-0.15, -0.1) is 0 Å². The Morgan fingerprint density at radius 2 is 2.00 bits per heavy atom. The van der Waals surface area contributed by atoms with Crippen LogP contribution in [0.2, 0.25) is 0 Å². The van der Waals surface area contributed by atoms with E-state index in [4.69, 9.17) is 9.84 Å². The van der Waals surface area contributed by atoms with Gasteiger partial charge in [-0.25, -0.2) is 4.79 Å². The molecular formula is C15H16N2O4. The van der Waals surface area contributed by atoms with Gasteiger partial charge in [0, 0.05) is 18.4 Å². The second-order valence-electron chi connectivity index (χ2n) is 4.28. The van der Waals surface area contributed by atoms with Gasteiger partial charge in [-0.05, 0) is 24.3 Å². The van der Waals surface area contributed by atoms with E-state index in [1.165, 1.54) is 0 Å². The summed E-state index contributed by atoms with van der Waals surface area (Å²) in [7, 11) is 0. The molecule has 0 saturated carbocycles. The van der Waals surface area contributed by atoms with Crippen LogP contribution in [-0.4, -0.2) is 41.6 Å². The maximum absolute atomic E-state index is 12.0. The van der Waals surface area contributed by atoms with Crippen molar-refractivity contribution in [1.82, 2.24) is 4.98 Å². The fourth-order valence-electron chi connectivity index (χ4n) is 1.80. The SMILES string of the molecule is O=C(COC(=O)c1ccccc1NCCO)c1ccc[nH]1. The predicted octanol–water partition coefficient (Wildman–Crippen LogP) is 1.46. The summed E-state index contributed by atoms with van der Waals surface area (Å²) in [6.45, 7) is -0.0475. The monoisotopic (exact) mass is 288 g/mol. The van der Waals surface area contributed by atoms with Crippen molar-refractivity contribution >= 4 is 17.4 Å². The molecule has 0 bridgehead atoms. The Labute approximate surface area is 121 Å². The standard InChI is InChI=1S/C15H16N2O4/c18-9-8-17-12-5-2-1-4-11(12)15(20)21-10-14(19)13-6-3-7-16-13/h1-7,16-18H,8-10H2. The van der Waals surface area contributed by atoms with Crippen LogP contribution in [0.3, 0.4) is 0 Å². The number of H-pyrrole nitrogens is 1. The van der Waals surface area contributed by atoms with E-state index in [2.05, 4.69) is 10.3 Å². The number of nitrogens with one attached hydrogen (secondary N) is 2. The van der Waals surface area contributed by atoms with Crippen molar-refractivity contribution in [2.24, 2.45) is 0 Å². The Kier molecular flexibility index (Phi) is 5.11. The molecule has 21 heavy (non-hydrogen) atoms. The van der Waals surface area contributed by atoms with Crippen molar-refractivity contribution in [3.63, 3.8) is 0 Å². The number of ether oxygens (including phenoxy) is 1. The number of hydrogen-bond acceptors (Lipinski definition) is 5. The van der Waals surface area contributed by atoms with Gasteiger partial charge in [0.1, 0.15) is 0 Å². The highest BCUT2D eigenvalue weighted by molar-refractivity contribution is 6.00. The maximum Gasteiger partial charge on any atom is 0.340 e. The molecule has 6 nitrogen and oxygen atoms in total. The van der Waals surface area contributed by atoms with Crippen molar-refractivity contribution in [1.29, 1.82) is 0 Å². The first-order valence-corrected chi connectivity index (χ1v) is 6.50. The Hall–Kier alpha value is -2.60. The zero-order valence-corrected chi connectivity index (χ0v) is 11.3. The van der Waals surface area contributed by atoms with Crippen LogP contribution >= 0.6 is 0 Å². The van der Waals surface area contributed by atoms with Crippen LogP contribution in [0.25, 0.3) is 0 Å². The smallest absolute Gasteiger partial charge is 0.340 e. The van der Waals surface area contributed by atoms with Gasteiger partial charge in [0.2, 0.25) is 5.78 Å². The normalized spacial score (nSPS) is 10.1. The summed E-state index contributed by atoms with van der Waals surface area (Å²) in [6.07, 6.45) is 1.63. The topological polar surface area (TPSA) is 91.4 Å². The molecule has 1 aromatic heterocycles. The number of Topliss-reactive ketones (excluding diaryl/α,β-unsaturated/α-hetero) is 1. The minimum Gasteiger partial charge on any atom is -0.454 e. The van der Waals surface area contributed by atoms with Crippen molar-refractivity contribution < 1.29 is 19.4 Å². The number of esters is 1. The molecule has 0 aliphatic heterocycles. The molecule has 0 amide bonds. The van der Waals surface area contributed by atoms with E-state index in [-0.39, 0.29) is 19.0 Å². The summed E-state index contributed by atoms with van der Waals surface area (Å²) in [5, 5.41) is 11.7. The molecule has 1 heterocycles. The van der Waals surface area contributed by atoms with Crippen molar-refractivity contribution in [2.45, 2.75) is 0 Å². The number of aliphatic hydroxyl groups is 1. The van der Waals surface area contributed by atoms with Crippen LogP contribution < -0.4 is 5.32 Å². The second kappa shape index (κ2) is 7.25. The first kappa shape index (κ1) is 14.8. The first-order valence-electron chi connectivity index (χ1n) is 6.50. The first-order chi connectivity index (χ1) is 10.2. The summed E-state index contributed by atoms with van der Waals surface area (Å²) < 4.78 is 5.02. The van der Waals surface area contributed by atoms with E-state index >= 15 is 0 Å². The van der Waals surface area contributed by atoms with E-state index in [1.807, 2.05) is 0 Å². The molecule has 2 aromatic rings. The number of aromatic amines is 1. The fourth-order valence-corrected chi connectivity index (χ4v) is 1.80. The van der Waals surface area contributed by atoms with E-state index in [0.29, 0.717) is 23.5 Å². The minimum absolute atomic E-state index is 0.0469. The third-order valence-corrected chi connectivity index (χ3v) is 2.81. The molecule has 1 aromatic carbocycles. The van der Waals surface area contributed by atoms with Crippen LogP contribution in [0.15, 0.2) is 42.6 Å². The molecule has 0 fully saturated rings. The summed E-state index contributed by atoms with van der Waals surface area (Å²) >= 11 is 0. The van der Waals surface area contributed by atoms with Gasteiger partial charge in [0.25, 0.3) is 0 Å². The summed E-state index contributed by atoms with van der Waals surface area (Å²) in [5.41, 5.74) is 1.28. The lowest BCUT2D eigenvalue weighted by Gasteiger charge is -2.10. The highest BCUT2D eigenvalue weighted by Gasteiger charge is 2.15. The molecule has 3 N–H and O–H groups in total. The molecule has 0 unspecified atom stereocenters. The number of benzene rings is 1. The highest BCUT2D eigenvalue weighted by atomic mass is 16.5. The van der Waals surface area contributed by atoms with Gasteiger partial charge < -0.3 is 20.1 Å². The van der Waals surface area contributed by atoms with Crippen LogP contribution in [0.4, 0.5) is 5.69 Å². The number of rotatable bonds is 7. The average molecular weight is 288 g/mol. The van der Waals surface area contributed by atoms with Gasteiger partial charge in [-0.2, -0.15) is 0 Å². The fraction of sp³-hybridized carbons (Fsp3) is 0.200. The number of para-hydroxylation sites is 1. The third kappa shape index (κ3) is 3.93. The van der Waals surface area contributed by atoms with Crippen LogP contribution in [0.5, 0.6) is 0 Å². The lowest BCUT2D eigenvalue weighted by atomic mass is 10.2. The van der Waals surface area contributed by atoms with E-state index in [0.717, 1.165) is 0 Å². The van der Waals surface area contributed by atoms with Crippen LogP contribution in [0, 0.1) is 0 Å². The Morgan fingerprint density at radius 1 is 1.19 bits per heavy atom. The van der Waals surface area contributed by atoms with Gasteiger partial charge >= 0.3 is 5.97 Å². The van der Waals surface area contributed by atoms with Gasteiger partial charge in [0.15, 0.2) is 6.61 Å². The van der Waals surface area contributed by atoms with Crippen molar-refractivity contribution in [3.05, 3.63) is 53.9 Å². The number of aromatic nitrogens is 1. The van der Waals surface area contributed by atoms with Crippen molar-refractivity contribution in [3.8, 4) is 0 Å². The minimum atomic E-state index is -0.587. The van der Waals surface area contributed by atoms with Crippen LogP contribution in [0.1, 0.15) is 20.8 Å². The third-order valence-electron chi connectivity index (χ3n) is 2.81. The number of ketones is 1. The average Bonchev–Trinajstić information content (AvgIpc) is 3.05. The molecule has 0 saturated heterocycles. The molecule has 110 valence electrons. The van der Waals surface area contributed by atoms with E-state index in [1.54, 1.807) is 42.6 Å². The number of carbonyl (C=O) groups excluding carboxylic acids is 2. The summed E-state index contributed by atoms with van der Waals surface area (Å²) in [4.78, 5) is 26.5. The molecule has 0 aliphatic carbocycles. The molecule has 0 spiro atoms. The Bertz CT molecular complexity index is 608. The van der Waals surface area contributed by atoms with Gasteiger partial charge in [-0.3, -0.25) is 4.79 Å². The van der Waals surface area contributed by atoms with Gasteiger partial charge in [0.05, 0.1) is 17.9 Å². The molecule has 0 radical (unpaired) electrons. The number of aliphatic hydroxyl groups excluding tert-OH is 1. The molecule has 2 rings (SSSR count). The molecule has 6 heteroatoms. The van der Waals surface area contributed by atoms with E-state index in [9.17, 15) is 9.59 Å². The van der Waals surface area contributed by atoms with Crippen molar-refractivity contribution in [2.75, 3.05) is 25.1 Å². The highest BCUT2D eigenvalue weighted by Crippen LogP contribution is 2.16. The summed E-state index contributed by atoms with van der Waals surface area (Å²) in [5.74, 6) is -0.884. The predicted molar refractivity (Wildman–Crippen MR) is 77.4 cm³/mol. The second-order valence-corrected chi connectivity index (χ2v) is 4.28. The Balaban J connectivity index is 1.98. The quantitative estimate of drug-likeness (QED) is 0.530. The van der Waals surface area contributed by atoms with Crippen LogP contribution in [-0.2, 0) is 4.74 Å². The summed E-state index contributed by atoms with van der Waals surface area (Å²) in [6, 6.07) is 10.1. The molecular weight excluding hydrogens is 272 g/mol. The Morgan fingerprint density at radius 3 is 2.71 bits per heavy atom. The van der Waals surface area contributed by atoms with E-state index < -0.39 is 5.97 Å². The largest absolute Gasteiger partial charge is 0.454 e. The number of hydrogen-bond donors (Lipinski definition) is 3. The maximum atomic E-state index is 12.0. The number of carbonyl (C=O) groups is 2. The molecule has 0 atom stereocenters. The number of anilines is 1. The van der Waals surface area contributed by atoms with Gasteiger partial charge in [-0.1, -0.05) is 12.1 Å². The zero-order valence-electron chi connectivity index (χ0n) is 11.3.